The topological polar surface area (TPSA) is 112 Å². The quantitative estimate of drug-likeness (QED) is 0.286. The number of anilines is 1. The molecule has 2 N–H and O–H groups in total. The molecule has 192 valence electrons. The molecule has 0 unspecified atom stereocenters. The summed E-state index contributed by atoms with van der Waals surface area (Å²) in [6.45, 7) is 9.77. The maximum absolute atomic E-state index is 13.9. The first kappa shape index (κ1) is 31.3. The number of carbonyl (C=O) groups excluding carboxylic acids is 2. The van der Waals surface area contributed by atoms with Gasteiger partial charge in [0.25, 0.3) is 6.47 Å². The summed E-state index contributed by atoms with van der Waals surface area (Å²) >= 11 is 5.84. The van der Waals surface area contributed by atoms with Gasteiger partial charge in [-0.25, -0.2) is 14.2 Å². The van der Waals surface area contributed by atoms with Gasteiger partial charge in [0.2, 0.25) is 6.41 Å². The van der Waals surface area contributed by atoms with Crippen molar-refractivity contribution in [2.45, 2.75) is 33.4 Å². The van der Waals surface area contributed by atoms with Gasteiger partial charge < -0.3 is 25.0 Å². The fraction of sp³-hybridized carbons (Fsp3) is 0.333. The lowest BCUT2D eigenvalue weighted by Crippen LogP contribution is -2.27. The number of amides is 3. The first-order valence-corrected chi connectivity index (χ1v) is 10.9. The minimum Gasteiger partial charge on any atom is -0.488 e. The molecule has 9 nitrogen and oxygen atoms in total. The largest absolute Gasteiger partial charge is 0.488 e. The smallest absolute Gasteiger partial charge is 0.342 e. The lowest BCUT2D eigenvalue weighted by atomic mass is 10.2. The van der Waals surface area contributed by atoms with Crippen molar-refractivity contribution >= 4 is 42.9 Å². The molecule has 0 fully saturated rings. The molecule has 2 aromatic carbocycles. The van der Waals surface area contributed by atoms with Gasteiger partial charge in [-0.2, -0.15) is 0 Å². The fourth-order valence-electron chi connectivity index (χ4n) is 2.36. The van der Waals surface area contributed by atoms with Crippen LogP contribution in [0, 0.1) is 5.82 Å². The Morgan fingerprint density at radius 2 is 1.86 bits per heavy atom. The van der Waals surface area contributed by atoms with E-state index in [0.29, 0.717) is 23.8 Å². The van der Waals surface area contributed by atoms with E-state index in [1.54, 1.807) is 36.2 Å². The number of urea groups is 1. The van der Waals surface area contributed by atoms with Crippen molar-refractivity contribution < 1.29 is 28.6 Å². The highest BCUT2D eigenvalue weighted by Crippen LogP contribution is 2.22. The highest BCUT2D eigenvalue weighted by Gasteiger charge is 2.08. The predicted octanol–water partition coefficient (Wildman–Crippen LogP) is 4.75. The van der Waals surface area contributed by atoms with E-state index in [0.717, 1.165) is 12.0 Å². The van der Waals surface area contributed by atoms with Gasteiger partial charge in [0, 0.05) is 36.9 Å². The van der Waals surface area contributed by atoms with E-state index in [9.17, 15) is 14.0 Å². The molecule has 0 radical (unpaired) electrons. The molecule has 2 aromatic rings. The number of aliphatic imine (C=N–C) groups is 1. The third kappa shape index (κ3) is 13.6. The monoisotopic (exact) mass is 510 g/mol. The molecule has 0 aliphatic carbocycles. The Bertz CT molecular complexity index is 929. The van der Waals surface area contributed by atoms with Crippen LogP contribution in [-0.4, -0.2) is 66.9 Å². The summed E-state index contributed by atoms with van der Waals surface area (Å²) in [6.07, 6.45) is 0.650. The Hall–Kier alpha value is -3.66. The molecular weight excluding hydrogens is 479 g/mol. The van der Waals surface area contributed by atoms with Gasteiger partial charge in [-0.3, -0.25) is 9.59 Å². The predicted molar refractivity (Wildman–Crippen MR) is 136 cm³/mol. The molecule has 0 spiro atoms. The highest BCUT2D eigenvalue weighted by molar-refractivity contribution is 6.30. The molecule has 35 heavy (non-hydrogen) atoms. The van der Waals surface area contributed by atoms with Crippen LogP contribution in [0.4, 0.5) is 14.9 Å². The van der Waals surface area contributed by atoms with Crippen LogP contribution in [0.3, 0.4) is 0 Å². The fourth-order valence-corrected chi connectivity index (χ4v) is 2.49. The van der Waals surface area contributed by atoms with Gasteiger partial charge in [0.15, 0.2) is 11.6 Å². The van der Waals surface area contributed by atoms with E-state index in [-0.39, 0.29) is 31.0 Å². The van der Waals surface area contributed by atoms with Gasteiger partial charge in [-0.05, 0) is 57.3 Å². The molecule has 2 rings (SSSR count). The summed E-state index contributed by atoms with van der Waals surface area (Å²) in [7, 11) is 1.68. The molecule has 0 bridgehead atoms. The molecular formula is C24H32ClFN4O5. The lowest BCUT2D eigenvalue weighted by Gasteiger charge is -2.19. The van der Waals surface area contributed by atoms with E-state index < -0.39 is 5.82 Å². The Balaban J connectivity index is 0.000000882. The van der Waals surface area contributed by atoms with E-state index in [4.69, 9.17) is 26.2 Å². The number of carboxylic acid groups (broad SMARTS) is 1. The minimum absolute atomic E-state index is 0.0942. The minimum atomic E-state index is -0.441. The van der Waals surface area contributed by atoms with Crippen molar-refractivity contribution in [3.63, 3.8) is 0 Å². The number of ether oxygens (including phenoxy) is 1. The standard InChI is InChI=1S/C18H20ClFN2O2.C5H10N2O.CH2O2/c1-13(2)24-18-8-7-16(9-17(18)20)21-11-22(12-23)10-14-3-5-15(19)6-4-14;1-4-7(3)5(8)6-2;2-1-3/h3-9,12-13,21H,10-11H2,1-2H3;2,4H2,1,3H3;1H,(H,2,3). The first-order chi connectivity index (χ1) is 16.6. The maximum atomic E-state index is 13.9. The average molecular weight is 511 g/mol. The number of nitrogens with one attached hydrogen (secondary N) is 1. The molecule has 0 heterocycles. The Morgan fingerprint density at radius 3 is 2.29 bits per heavy atom. The SMILES string of the molecule is C=NC(=O)N(C)CC.CC(C)Oc1ccc(NCN(C=O)Cc2ccc(Cl)cc2)cc1F.O=CO. The van der Waals surface area contributed by atoms with Crippen LogP contribution in [0.25, 0.3) is 0 Å². The summed E-state index contributed by atoms with van der Waals surface area (Å²) in [6, 6.07) is 11.6. The molecule has 0 aromatic heterocycles. The van der Waals surface area contributed by atoms with Crippen LogP contribution in [0.1, 0.15) is 26.3 Å². The second-order valence-electron chi connectivity index (χ2n) is 7.19. The number of hydrogen-bond acceptors (Lipinski definition) is 5. The highest BCUT2D eigenvalue weighted by atomic mass is 35.5. The van der Waals surface area contributed by atoms with Crippen molar-refractivity contribution in [2.75, 3.05) is 25.6 Å². The van der Waals surface area contributed by atoms with E-state index >= 15 is 0 Å². The van der Waals surface area contributed by atoms with Gasteiger partial charge in [0.1, 0.15) is 0 Å². The number of halogens is 2. The number of hydrogen-bond donors (Lipinski definition) is 2. The van der Waals surface area contributed by atoms with Crippen LogP contribution in [0.5, 0.6) is 5.75 Å². The van der Waals surface area contributed by atoms with Gasteiger partial charge in [-0.15, -0.1) is 0 Å². The van der Waals surface area contributed by atoms with E-state index in [1.165, 1.54) is 11.0 Å². The summed E-state index contributed by atoms with van der Waals surface area (Å²) in [4.78, 5) is 36.2. The summed E-state index contributed by atoms with van der Waals surface area (Å²) in [5, 5.41) is 10.6. The Kier molecular flexibility index (Phi) is 15.9. The second-order valence-corrected chi connectivity index (χ2v) is 7.62. The van der Waals surface area contributed by atoms with E-state index in [2.05, 4.69) is 17.0 Å². The van der Waals surface area contributed by atoms with Gasteiger partial charge >= 0.3 is 6.03 Å². The maximum Gasteiger partial charge on any atom is 0.342 e. The summed E-state index contributed by atoms with van der Waals surface area (Å²) in [5.41, 5.74) is 1.53. The number of benzene rings is 2. The number of rotatable bonds is 9. The van der Waals surface area contributed by atoms with Crippen molar-refractivity contribution in [1.29, 1.82) is 0 Å². The van der Waals surface area contributed by atoms with E-state index in [1.807, 2.05) is 32.9 Å². The zero-order valence-electron chi connectivity index (χ0n) is 20.3. The molecule has 0 aliphatic rings. The Morgan fingerprint density at radius 1 is 1.26 bits per heavy atom. The molecule has 0 saturated carbocycles. The Labute approximate surface area is 210 Å². The van der Waals surface area contributed by atoms with Gasteiger partial charge in [0.05, 0.1) is 12.8 Å². The van der Waals surface area contributed by atoms with Crippen LogP contribution in [0.15, 0.2) is 47.5 Å². The lowest BCUT2D eigenvalue weighted by molar-refractivity contribution is -0.123. The second kappa shape index (κ2) is 17.8. The summed E-state index contributed by atoms with van der Waals surface area (Å²) < 4.78 is 19.3. The van der Waals surface area contributed by atoms with Crippen molar-refractivity contribution in [3.05, 3.63) is 58.9 Å². The molecule has 0 aliphatic heterocycles. The molecule has 11 heteroatoms. The van der Waals surface area contributed by atoms with Crippen molar-refractivity contribution in [1.82, 2.24) is 9.80 Å². The van der Waals surface area contributed by atoms with Gasteiger partial charge in [-0.1, -0.05) is 23.7 Å². The van der Waals surface area contributed by atoms with Crippen LogP contribution >= 0.6 is 11.6 Å². The van der Waals surface area contributed by atoms with Crippen LogP contribution in [0.2, 0.25) is 5.02 Å². The zero-order valence-corrected chi connectivity index (χ0v) is 21.0. The third-order valence-electron chi connectivity index (χ3n) is 4.16. The summed E-state index contributed by atoms with van der Waals surface area (Å²) in [5.74, 6) is -0.229. The van der Waals surface area contributed by atoms with Crippen LogP contribution in [-0.2, 0) is 16.1 Å². The van der Waals surface area contributed by atoms with Crippen molar-refractivity contribution in [2.24, 2.45) is 4.99 Å². The molecule has 0 saturated heterocycles. The normalized spacial score (nSPS) is 9.46. The molecule has 0 atom stereocenters. The average Bonchev–Trinajstić information content (AvgIpc) is 2.84. The number of carbonyl (C=O) groups is 3. The zero-order chi connectivity index (χ0) is 26.8. The molecule has 3 amide bonds. The van der Waals surface area contributed by atoms with Crippen molar-refractivity contribution in [3.8, 4) is 5.75 Å². The van der Waals surface area contributed by atoms with Crippen LogP contribution < -0.4 is 10.1 Å². The first-order valence-electron chi connectivity index (χ1n) is 10.5. The number of nitrogens with zero attached hydrogens (tertiary/aromatic N) is 3. The third-order valence-corrected chi connectivity index (χ3v) is 4.42.